The minimum atomic E-state index is 0.0843. The summed E-state index contributed by atoms with van der Waals surface area (Å²) in [7, 11) is 0. The second kappa shape index (κ2) is 5.95. The zero-order valence-corrected chi connectivity index (χ0v) is 11.6. The molecule has 2 aromatic carbocycles. The molecule has 22 heavy (non-hydrogen) atoms. The number of nitrogen functional groups attached to an aromatic ring is 1. The maximum Gasteiger partial charge on any atom is 0.169 e. The van der Waals surface area contributed by atoms with E-state index in [1.807, 2.05) is 60.7 Å². The van der Waals surface area contributed by atoms with E-state index < -0.39 is 0 Å². The number of hydrogen-bond donors (Lipinski definition) is 1. The van der Waals surface area contributed by atoms with Gasteiger partial charge >= 0.3 is 0 Å². The summed E-state index contributed by atoms with van der Waals surface area (Å²) in [5.41, 5.74) is 17.5. The summed E-state index contributed by atoms with van der Waals surface area (Å²) in [5.74, 6) is 0.192. The van der Waals surface area contributed by atoms with Gasteiger partial charge in [-0.15, -0.1) is 0 Å². The zero-order valence-electron chi connectivity index (χ0n) is 11.6. The molecule has 0 aliphatic carbocycles. The number of rotatable bonds is 3. The van der Waals surface area contributed by atoms with Crippen molar-refractivity contribution in [2.75, 3.05) is 5.73 Å². The van der Waals surface area contributed by atoms with Crippen LogP contribution < -0.4 is 5.73 Å². The lowest BCUT2D eigenvalue weighted by molar-refractivity contribution is 1.18. The van der Waals surface area contributed by atoms with Crippen LogP contribution >= 0.6 is 0 Å². The number of azide groups is 1. The van der Waals surface area contributed by atoms with Gasteiger partial charge in [0.25, 0.3) is 0 Å². The van der Waals surface area contributed by atoms with Gasteiger partial charge in [-0.1, -0.05) is 60.7 Å². The fraction of sp³-hybridized carbons (Fsp3) is 0. The Balaban J connectivity index is 2.29. The molecule has 0 bridgehead atoms. The van der Waals surface area contributed by atoms with E-state index in [9.17, 15) is 0 Å². The highest BCUT2D eigenvalue weighted by atomic mass is 15.2. The van der Waals surface area contributed by atoms with Gasteiger partial charge in [-0.05, 0) is 10.6 Å². The maximum absolute atomic E-state index is 8.63. The van der Waals surface area contributed by atoms with Crippen LogP contribution in [-0.4, -0.2) is 9.97 Å². The molecule has 0 fully saturated rings. The number of hydrogen-bond acceptors (Lipinski definition) is 4. The van der Waals surface area contributed by atoms with Crippen LogP contribution in [0.5, 0.6) is 0 Å². The first-order valence-electron chi connectivity index (χ1n) is 6.63. The number of anilines is 1. The molecule has 0 saturated carbocycles. The molecule has 1 aromatic heterocycles. The minimum Gasteiger partial charge on any atom is -0.382 e. The zero-order chi connectivity index (χ0) is 15.4. The molecule has 0 spiro atoms. The van der Waals surface area contributed by atoms with Gasteiger partial charge in [0.15, 0.2) is 11.6 Å². The van der Waals surface area contributed by atoms with Crippen molar-refractivity contribution in [3.8, 4) is 22.5 Å². The van der Waals surface area contributed by atoms with E-state index in [2.05, 4.69) is 20.0 Å². The van der Waals surface area contributed by atoms with Crippen LogP contribution in [0.3, 0.4) is 0 Å². The van der Waals surface area contributed by atoms with Crippen LogP contribution in [0.25, 0.3) is 33.0 Å². The predicted molar refractivity (Wildman–Crippen MR) is 86.1 cm³/mol. The summed E-state index contributed by atoms with van der Waals surface area (Å²) in [6.45, 7) is 0. The molecular weight excluding hydrogens is 276 g/mol. The van der Waals surface area contributed by atoms with Gasteiger partial charge in [0.05, 0.1) is 11.4 Å². The van der Waals surface area contributed by atoms with Gasteiger partial charge in [0, 0.05) is 16.0 Å². The Morgan fingerprint density at radius 2 is 1.32 bits per heavy atom. The second-order valence-electron chi connectivity index (χ2n) is 4.55. The first kappa shape index (κ1) is 13.6. The summed E-state index contributed by atoms with van der Waals surface area (Å²) in [5, 5.41) is 3.51. The van der Waals surface area contributed by atoms with Crippen molar-refractivity contribution in [1.29, 1.82) is 0 Å². The largest absolute Gasteiger partial charge is 0.382 e. The Hall–Kier alpha value is -3.37. The second-order valence-corrected chi connectivity index (χ2v) is 4.55. The van der Waals surface area contributed by atoms with Crippen LogP contribution in [-0.2, 0) is 0 Å². The van der Waals surface area contributed by atoms with Crippen molar-refractivity contribution >= 4 is 11.6 Å². The molecule has 3 aromatic rings. The molecule has 0 radical (unpaired) electrons. The van der Waals surface area contributed by atoms with Crippen molar-refractivity contribution in [2.24, 2.45) is 5.11 Å². The van der Waals surface area contributed by atoms with Crippen LogP contribution in [0.15, 0.2) is 65.8 Å². The first-order valence-corrected chi connectivity index (χ1v) is 6.63. The average molecular weight is 288 g/mol. The quantitative estimate of drug-likeness (QED) is 0.440. The van der Waals surface area contributed by atoms with E-state index in [1.165, 1.54) is 0 Å². The smallest absolute Gasteiger partial charge is 0.169 e. The van der Waals surface area contributed by atoms with E-state index >= 15 is 0 Å². The molecule has 0 aliphatic heterocycles. The molecule has 0 unspecified atom stereocenters. The lowest BCUT2D eigenvalue weighted by Crippen LogP contribution is -1.99. The molecule has 6 nitrogen and oxygen atoms in total. The van der Waals surface area contributed by atoms with E-state index in [0.29, 0.717) is 11.4 Å². The maximum atomic E-state index is 8.63. The topological polar surface area (TPSA) is 101 Å². The number of nitrogens with two attached hydrogens (primary N) is 1. The van der Waals surface area contributed by atoms with Crippen molar-refractivity contribution in [1.82, 2.24) is 9.97 Å². The van der Waals surface area contributed by atoms with E-state index in [1.54, 1.807) is 0 Å². The highest BCUT2D eigenvalue weighted by Crippen LogP contribution is 2.32. The normalized spacial score (nSPS) is 10.0. The summed E-state index contributed by atoms with van der Waals surface area (Å²) in [4.78, 5) is 11.5. The lowest BCUT2D eigenvalue weighted by atomic mass is 10.0. The monoisotopic (exact) mass is 288 g/mol. The third-order valence-electron chi connectivity index (χ3n) is 3.14. The molecule has 106 valence electrons. The van der Waals surface area contributed by atoms with Crippen molar-refractivity contribution in [3.05, 3.63) is 71.1 Å². The Bertz CT molecular complexity index is 839. The van der Waals surface area contributed by atoms with Gasteiger partial charge < -0.3 is 5.73 Å². The van der Waals surface area contributed by atoms with Gasteiger partial charge in [0.2, 0.25) is 0 Å². The SMILES string of the molecule is [N-]=[N+]=Nc1nc(-c2ccccc2)c(-c2ccccc2)nc1N. The highest BCUT2D eigenvalue weighted by molar-refractivity contribution is 5.80. The average Bonchev–Trinajstić information content (AvgIpc) is 2.58. The molecule has 2 N–H and O–H groups in total. The van der Waals surface area contributed by atoms with Crippen LogP contribution in [0, 0.1) is 0 Å². The molecular formula is C16H12N6. The van der Waals surface area contributed by atoms with Gasteiger partial charge in [-0.25, -0.2) is 9.97 Å². The van der Waals surface area contributed by atoms with E-state index in [4.69, 9.17) is 11.3 Å². The predicted octanol–water partition coefficient (Wildman–Crippen LogP) is 4.33. The van der Waals surface area contributed by atoms with Gasteiger partial charge in [-0.2, -0.15) is 0 Å². The van der Waals surface area contributed by atoms with E-state index in [0.717, 1.165) is 11.1 Å². The third kappa shape index (κ3) is 2.59. The fourth-order valence-corrected chi connectivity index (χ4v) is 2.15. The van der Waals surface area contributed by atoms with Crippen molar-refractivity contribution in [3.63, 3.8) is 0 Å². The molecule has 0 saturated heterocycles. The molecule has 1 heterocycles. The minimum absolute atomic E-state index is 0.0843. The summed E-state index contributed by atoms with van der Waals surface area (Å²) in [6.07, 6.45) is 0. The van der Waals surface area contributed by atoms with Crippen molar-refractivity contribution < 1.29 is 0 Å². The number of nitrogens with zero attached hydrogens (tertiary/aromatic N) is 5. The van der Waals surface area contributed by atoms with Gasteiger partial charge in [0.1, 0.15) is 0 Å². The summed E-state index contributed by atoms with van der Waals surface area (Å²) in [6, 6.07) is 19.2. The molecule has 0 atom stereocenters. The Morgan fingerprint density at radius 3 is 1.82 bits per heavy atom. The molecule has 0 amide bonds. The Morgan fingerprint density at radius 1 is 0.818 bits per heavy atom. The standard InChI is InChI=1S/C16H12N6/c17-15-16(21-22-18)20-14(12-9-5-2-6-10-12)13(19-15)11-7-3-1-4-8-11/h1-10H,(H2,17,19). The number of benzene rings is 2. The first-order chi connectivity index (χ1) is 10.8. The highest BCUT2D eigenvalue weighted by Gasteiger charge is 2.14. The van der Waals surface area contributed by atoms with E-state index in [-0.39, 0.29) is 11.6 Å². The van der Waals surface area contributed by atoms with Crippen LogP contribution in [0.2, 0.25) is 0 Å². The molecule has 3 rings (SSSR count). The lowest BCUT2D eigenvalue weighted by Gasteiger charge is -2.11. The summed E-state index contributed by atoms with van der Waals surface area (Å²) < 4.78 is 0. The number of aromatic nitrogens is 2. The Kier molecular flexibility index (Phi) is 3.68. The summed E-state index contributed by atoms with van der Waals surface area (Å²) >= 11 is 0. The van der Waals surface area contributed by atoms with Crippen LogP contribution in [0.4, 0.5) is 11.6 Å². The fourth-order valence-electron chi connectivity index (χ4n) is 2.15. The van der Waals surface area contributed by atoms with Crippen molar-refractivity contribution in [2.45, 2.75) is 0 Å². The van der Waals surface area contributed by atoms with Gasteiger partial charge in [-0.3, -0.25) is 0 Å². The Labute approximate surface area is 126 Å². The molecule has 0 aliphatic rings. The third-order valence-corrected chi connectivity index (χ3v) is 3.14. The van der Waals surface area contributed by atoms with Crippen LogP contribution in [0.1, 0.15) is 0 Å². The molecule has 6 heteroatoms.